The summed E-state index contributed by atoms with van der Waals surface area (Å²) in [6.07, 6.45) is 0.361. The summed E-state index contributed by atoms with van der Waals surface area (Å²) < 4.78 is 15.0. The van der Waals surface area contributed by atoms with Gasteiger partial charge in [-0.25, -0.2) is 4.39 Å². The molecule has 26 heavy (non-hydrogen) atoms. The number of para-hydroxylation sites is 1. The van der Waals surface area contributed by atoms with Crippen LogP contribution in [-0.4, -0.2) is 21.1 Å². The summed E-state index contributed by atoms with van der Waals surface area (Å²) in [7, 11) is 0. The third kappa shape index (κ3) is 3.30. The number of halogens is 1. The summed E-state index contributed by atoms with van der Waals surface area (Å²) >= 11 is 0.985. The van der Waals surface area contributed by atoms with E-state index in [1.165, 1.54) is 12.1 Å². The molecule has 0 aliphatic carbocycles. The molecule has 0 spiro atoms. The Kier molecular flexibility index (Phi) is 4.38. The summed E-state index contributed by atoms with van der Waals surface area (Å²) in [5.74, 6) is -0.608. The molecular formula is C19H15FN2O3S. The maximum absolute atomic E-state index is 13.4. The first-order valence-electron chi connectivity index (χ1n) is 8.09. The van der Waals surface area contributed by atoms with Crippen molar-refractivity contribution < 1.29 is 18.8 Å². The number of hydrogen-bond acceptors (Lipinski definition) is 4. The predicted octanol–water partition coefficient (Wildman–Crippen LogP) is 3.30. The molecule has 0 saturated carbocycles. The zero-order valence-corrected chi connectivity index (χ0v) is 14.5. The number of aromatic nitrogens is 1. The number of imide groups is 1. The Morgan fingerprint density at radius 3 is 2.73 bits per heavy atom. The number of rotatable bonds is 5. The van der Waals surface area contributed by atoms with Crippen molar-refractivity contribution in [2.75, 3.05) is 0 Å². The van der Waals surface area contributed by atoms with Crippen LogP contribution in [0.15, 0.2) is 54.6 Å². The molecule has 1 unspecified atom stereocenters. The van der Waals surface area contributed by atoms with Crippen LogP contribution in [0, 0.1) is 5.82 Å². The Hall–Kier alpha value is -2.80. The van der Waals surface area contributed by atoms with Crippen LogP contribution in [0.5, 0.6) is 0 Å². The molecule has 2 aromatic carbocycles. The lowest BCUT2D eigenvalue weighted by Gasteiger charge is -2.14. The van der Waals surface area contributed by atoms with Crippen molar-refractivity contribution in [3.05, 3.63) is 71.7 Å². The Morgan fingerprint density at radius 2 is 1.96 bits per heavy atom. The lowest BCUT2D eigenvalue weighted by Crippen LogP contribution is -2.26. The van der Waals surface area contributed by atoms with Crippen molar-refractivity contribution in [1.29, 1.82) is 0 Å². The van der Waals surface area contributed by atoms with Crippen LogP contribution in [0.2, 0.25) is 0 Å². The highest BCUT2D eigenvalue weighted by molar-refractivity contribution is 8.15. The number of nitrogens with one attached hydrogen (secondary N) is 1. The van der Waals surface area contributed by atoms with Crippen LogP contribution in [0.1, 0.15) is 11.3 Å². The fraction of sp³-hybridized carbons (Fsp3) is 0.158. The highest BCUT2D eigenvalue weighted by atomic mass is 32.2. The number of fused-ring (bicyclic) bond motifs is 1. The number of hydrogen-bond donors (Lipinski definition) is 1. The maximum Gasteiger partial charge on any atom is 0.286 e. The molecule has 5 nitrogen and oxygen atoms in total. The Labute approximate surface area is 153 Å². The maximum atomic E-state index is 13.4. The quantitative estimate of drug-likeness (QED) is 0.749. The molecule has 1 saturated heterocycles. The molecule has 0 radical (unpaired) electrons. The number of amides is 2. The van der Waals surface area contributed by atoms with Gasteiger partial charge in [0.2, 0.25) is 5.91 Å². The van der Waals surface area contributed by atoms with Crippen molar-refractivity contribution in [2.45, 2.75) is 18.3 Å². The highest BCUT2D eigenvalue weighted by Gasteiger charge is 2.32. The summed E-state index contributed by atoms with van der Waals surface area (Å²) in [4.78, 5) is 29.2. The summed E-state index contributed by atoms with van der Waals surface area (Å²) in [5, 5.41) is 2.45. The average molecular weight is 370 g/mol. The third-order valence-corrected chi connectivity index (χ3v) is 5.13. The molecule has 2 amide bonds. The Morgan fingerprint density at radius 1 is 1.12 bits per heavy atom. The standard InChI is InChI=1S/C19H15FN2O3S/c20-14-6-3-4-12(8-14)11-25-22-15(9-13-5-1-2-7-16(13)22)10-17-18(23)21-19(24)26-17/h1-9,17H,10-11H2,(H,21,23,24). The van der Waals surface area contributed by atoms with Gasteiger partial charge in [-0.05, 0) is 29.8 Å². The van der Waals surface area contributed by atoms with Crippen molar-refractivity contribution in [3.8, 4) is 0 Å². The second-order valence-electron chi connectivity index (χ2n) is 5.98. The lowest BCUT2D eigenvalue weighted by atomic mass is 10.2. The van der Waals surface area contributed by atoms with Gasteiger partial charge in [0.05, 0.1) is 16.5 Å². The van der Waals surface area contributed by atoms with Gasteiger partial charge in [0.1, 0.15) is 12.4 Å². The van der Waals surface area contributed by atoms with E-state index in [4.69, 9.17) is 4.84 Å². The molecule has 1 aliphatic heterocycles. The summed E-state index contributed by atoms with van der Waals surface area (Å²) in [6, 6.07) is 15.8. The van der Waals surface area contributed by atoms with E-state index in [0.717, 1.165) is 28.4 Å². The largest absolute Gasteiger partial charge is 0.409 e. The van der Waals surface area contributed by atoms with Crippen molar-refractivity contribution >= 4 is 33.8 Å². The van der Waals surface area contributed by atoms with Crippen LogP contribution in [-0.2, 0) is 17.8 Å². The molecule has 1 aromatic heterocycles. The monoisotopic (exact) mass is 370 g/mol. The molecule has 2 heterocycles. The zero-order chi connectivity index (χ0) is 18.1. The minimum atomic E-state index is -0.483. The molecule has 1 atom stereocenters. The minimum absolute atomic E-state index is 0.187. The van der Waals surface area contributed by atoms with Crippen LogP contribution in [0.25, 0.3) is 10.9 Å². The zero-order valence-electron chi connectivity index (χ0n) is 13.6. The third-order valence-electron chi connectivity index (χ3n) is 4.15. The van der Waals surface area contributed by atoms with Gasteiger partial charge < -0.3 is 4.84 Å². The lowest BCUT2D eigenvalue weighted by molar-refractivity contribution is -0.119. The van der Waals surface area contributed by atoms with Gasteiger partial charge in [-0.3, -0.25) is 14.9 Å². The number of nitrogens with zero attached hydrogens (tertiary/aromatic N) is 1. The van der Waals surface area contributed by atoms with Gasteiger partial charge in [-0.1, -0.05) is 42.1 Å². The van der Waals surface area contributed by atoms with Crippen LogP contribution >= 0.6 is 11.8 Å². The molecule has 7 heteroatoms. The first kappa shape index (κ1) is 16.7. The van der Waals surface area contributed by atoms with Gasteiger partial charge in [-0.15, -0.1) is 0 Å². The molecule has 4 rings (SSSR count). The van der Waals surface area contributed by atoms with Crippen molar-refractivity contribution in [2.24, 2.45) is 0 Å². The summed E-state index contributed by atoms with van der Waals surface area (Å²) in [6.45, 7) is 0.187. The Bertz CT molecular complexity index is 1000. The van der Waals surface area contributed by atoms with E-state index in [1.807, 2.05) is 30.3 Å². The van der Waals surface area contributed by atoms with Crippen LogP contribution < -0.4 is 10.2 Å². The van der Waals surface area contributed by atoms with E-state index in [0.29, 0.717) is 12.0 Å². The molecule has 1 fully saturated rings. The normalized spacial score (nSPS) is 16.9. The molecule has 3 aromatic rings. The van der Waals surface area contributed by atoms with Crippen LogP contribution in [0.4, 0.5) is 9.18 Å². The topological polar surface area (TPSA) is 60.3 Å². The van der Waals surface area contributed by atoms with Gasteiger partial charge >= 0.3 is 0 Å². The first-order chi connectivity index (χ1) is 12.6. The van der Waals surface area contributed by atoms with E-state index >= 15 is 0 Å². The van der Waals surface area contributed by atoms with Crippen LogP contribution in [0.3, 0.4) is 0 Å². The highest BCUT2D eigenvalue weighted by Crippen LogP contribution is 2.26. The van der Waals surface area contributed by atoms with Gasteiger partial charge in [0.25, 0.3) is 5.24 Å². The van der Waals surface area contributed by atoms with E-state index in [9.17, 15) is 14.0 Å². The fourth-order valence-corrected chi connectivity index (χ4v) is 3.80. The Balaban J connectivity index is 1.63. The number of thioether (sulfide) groups is 1. The average Bonchev–Trinajstić information content (AvgIpc) is 3.12. The number of carbonyl (C=O) groups is 2. The van der Waals surface area contributed by atoms with Gasteiger partial charge in [0, 0.05) is 11.8 Å². The first-order valence-corrected chi connectivity index (χ1v) is 8.97. The van der Waals surface area contributed by atoms with Crippen molar-refractivity contribution in [3.63, 3.8) is 0 Å². The van der Waals surface area contributed by atoms with Gasteiger partial charge in [0.15, 0.2) is 0 Å². The predicted molar refractivity (Wildman–Crippen MR) is 97.2 cm³/mol. The molecule has 1 N–H and O–H groups in total. The SMILES string of the molecule is O=C1NC(=O)C(Cc2cc3ccccc3n2OCc2cccc(F)c2)S1. The fourth-order valence-electron chi connectivity index (χ4n) is 2.97. The van der Waals surface area contributed by atoms with E-state index < -0.39 is 5.25 Å². The number of benzene rings is 2. The van der Waals surface area contributed by atoms with Gasteiger partial charge in [-0.2, -0.15) is 4.73 Å². The minimum Gasteiger partial charge on any atom is -0.409 e. The second kappa shape index (κ2) is 6.84. The number of carbonyl (C=O) groups excluding carboxylic acids is 2. The molecule has 1 aliphatic rings. The molecule has 0 bridgehead atoms. The van der Waals surface area contributed by atoms with E-state index in [2.05, 4.69) is 5.32 Å². The van der Waals surface area contributed by atoms with Crippen molar-refractivity contribution in [1.82, 2.24) is 10.0 Å². The smallest absolute Gasteiger partial charge is 0.286 e. The molecule has 132 valence electrons. The van der Waals surface area contributed by atoms with E-state index in [-0.39, 0.29) is 23.6 Å². The van der Waals surface area contributed by atoms with E-state index in [1.54, 1.807) is 16.9 Å². The summed E-state index contributed by atoms with van der Waals surface area (Å²) in [5.41, 5.74) is 2.34. The second-order valence-corrected chi connectivity index (χ2v) is 7.16. The molecular weight excluding hydrogens is 355 g/mol.